The minimum absolute atomic E-state index is 0.143. The quantitative estimate of drug-likeness (QED) is 0.737. The van der Waals surface area contributed by atoms with Crippen LogP contribution in [-0.2, 0) is 10.5 Å². The highest BCUT2D eigenvalue weighted by Crippen LogP contribution is 2.43. The minimum atomic E-state index is -1.38. The number of amides is 1. The Bertz CT molecular complexity index is 935. The lowest BCUT2D eigenvalue weighted by molar-refractivity contribution is -0.122. The molecule has 1 spiro atoms. The molecule has 0 radical (unpaired) electrons. The number of nitrogens with one attached hydrogen (secondary N) is 2. The van der Waals surface area contributed by atoms with Crippen molar-refractivity contribution in [2.45, 2.75) is 12.6 Å². The number of hydrogen-bond acceptors (Lipinski definition) is 6. The molecule has 1 amide bonds. The first-order valence-corrected chi connectivity index (χ1v) is 7.94. The van der Waals surface area contributed by atoms with E-state index in [9.17, 15) is 4.79 Å². The highest BCUT2D eigenvalue weighted by Gasteiger charge is 2.52. The van der Waals surface area contributed by atoms with E-state index in [1.54, 1.807) is 11.9 Å². The van der Waals surface area contributed by atoms with Crippen LogP contribution in [0.2, 0.25) is 0 Å². The highest BCUT2D eigenvalue weighted by atomic mass is 16.2. The van der Waals surface area contributed by atoms with E-state index in [-0.39, 0.29) is 11.9 Å². The molecule has 0 saturated heterocycles. The fraction of sp³-hybridized carbons (Fsp3) is 0.167. The molecule has 4 N–H and O–H groups in total. The van der Waals surface area contributed by atoms with Crippen LogP contribution in [-0.4, -0.2) is 24.9 Å². The zero-order chi connectivity index (χ0) is 17.6. The molecule has 25 heavy (non-hydrogen) atoms. The van der Waals surface area contributed by atoms with E-state index in [0.29, 0.717) is 5.96 Å². The second-order valence-corrected chi connectivity index (χ2v) is 6.08. The molecule has 7 heteroatoms. The summed E-state index contributed by atoms with van der Waals surface area (Å²) in [7, 11) is 1.72. The van der Waals surface area contributed by atoms with Gasteiger partial charge in [0.1, 0.15) is 0 Å². The Hall–Kier alpha value is -3.35. The largest absolute Gasteiger partial charge is 0.370 e. The molecule has 4 rings (SSSR count). The summed E-state index contributed by atoms with van der Waals surface area (Å²) in [5.41, 5.74) is 8.03. The molecule has 2 aliphatic rings. The van der Waals surface area contributed by atoms with Gasteiger partial charge in [-0.05, 0) is 24.6 Å². The summed E-state index contributed by atoms with van der Waals surface area (Å²) in [5.74, 6) is 0.298. The van der Waals surface area contributed by atoms with Gasteiger partial charge in [-0.2, -0.15) is 0 Å². The average molecular weight is 334 g/mol. The lowest BCUT2D eigenvalue weighted by Gasteiger charge is -2.27. The van der Waals surface area contributed by atoms with Crippen molar-refractivity contribution in [1.82, 2.24) is 5.32 Å². The van der Waals surface area contributed by atoms with Gasteiger partial charge in [0.2, 0.25) is 5.96 Å². The van der Waals surface area contributed by atoms with Crippen molar-refractivity contribution < 1.29 is 4.79 Å². The van der Waals surface area contributed by atoms with Crippen LogP contribution in [0.3, 0.4) is 0 Å². The summed E-state index contributed by atoms with van der Waals surface area (Å²) < 4.78 is 0. The Morgan fingerprint density at radius 3 is 2.64 bits per heavy atom. The molecule has 2 aliphatic heterocycles. The monoisotopic (exact) mass is 334 g/mol. The molecule has 1 atom stereocenters. The Balaban J connectivity index is 1.82. The van der Waals surface area contributed by atoms with Crippen molar-refractivity contribution in [3.05, 3.63) is 59.7 Å². The second-order valence-electron chi connectivity index (χ2n) is 6.08. The van der Waals surface area contributed by atoms with E-state index < -0.39 is 5.66 Å². The molecule has 0 bridgehead atoms. The molecule has 0 aliphatic carbocycles. The summed E-state index contributed by atoms with van der Waals surface area (Å²) in [6.45, 7) is 1.99. The Morgan fingerprint density at radius 1 is 1.12 bits per heavy atom. The van der Waals surface area contributed by atoms with Crippen LogP contribution in [0.4, 0.5) is 11.4 Å². The zero-order valence-corrected chi connectivity index (χ0v) is 13.9. The number of carbonyl (C=O) groups excluding carboxylic acids is 1. The van der Waals surface area contributed by atoms with Crippen molar-refractivity contribution in [3.8, 4) is 0 Å². The Kier molecular flexibility index (Phi) is 3.24. The number of carbonyl (C=O) groups is 1. The van der Waals surface area contributed by atoms with Gasteiger partial charge in [-0.1, -0.05) is 36.4 Å². The Labute approximate surface area is 145 Å². The van der Waals surface area contributed by atoms with Crippen molar-refractivity contribution in [2.75, 3.05) is 17.3 Å². The third-order valence-electron chi connectivity index (χ3n) is 4.44. The number of anilines is 2. The summed E-state index contributed by atoms with van der Waals surface area (Å²) in [6, 6.07) is 15.3. The number of benzene rings is 2. The van der Waals surface area contributed by atoms with Crippen molar-refractivity contribution in [2.24, 2.45) is 15.7 Å². The number of aliphatic imine (C=N–C) groups is 2. The number of nitrogens with two attached hydrogens (primary N) is 1. The molecule has 0 aromatic heterocycles. The molecule has 2 heterocycles. The number of rotatable bonds is 1. The second kappa shape index (κ2) is 5.34. The van der Waals surface area contributed by atoms with Gasteiger partial charge in [-0.25, -0.2) is 9.98 Å². The lowest BCUT2D eigenvalue weighted by Crippen LogP contribution is -2.50. The van der Waals surface area contributed by atoms with Crippen LogP contribution in [0, 0.1) is 6.92 Å². The van der Waals surface area contributed by atoms with Crippen LogP contribution < -0.4 is 21.3 Å². The molecule has 7 nitrogen and oxygen atoms in total. The van der Waals surface area contributed by atoms with Gasteiger partial charge in [-0.15, -0.1) is 0 Å². The fourth-order valence-electron chi connectivity index (χ4n) is 3.17. The normalized spacial score (nSPS) is 21.5. The number of para-hydroxylation sites is 2. The summed E-state index contributed by atoms with van der Waals surface area (Å²) in [5, 5.41) is 6.11. The third kappa shape index (κ3) is 2.24. The number of guanidine groups is 2. The average Bonchev–Trinajstić information content (AvgIpc) is 2.79. The number of nitrogens with zero attached hydrogens (tertiary/aromatic N) is 3. The van der Waals surface area contributed by atoms with E-state index in [1.807, 2.05) is 55.5 Å². The van der Waals surface area contributed by atoms with E-state index in [0.717, 1.165) is 22.5 Å². The van der Waals surface area contributed by atoms with Gasteiger partial charge in [0, 0.05) is 18.3 Å². The number of aryl methyl sites for hydroxylation is 1. The van der Waals surface area contributed by atoms with Gasteiger partial charge in [0.15, 0.2) is 5.96 Å². The van der Waals surface area contributed by atoms with E-state index in [2.05, 4.69) is 20.6 Å². The van der Waals surface area contributed by atoms with Crippen LogP contribution >= 0.6 is 0 Å². The van der Waals surface area contributed by atoms with E-state index in [1.165, 1.54) is 0 Å². The number of hydrogen-bond donors (Lipinski definition) is 3. The maximum Gasteiger partial charge on any atom is 0.282 e. The molecule has 0 fully saturated rings. The van der Waals surface area contributed by atoms with Gasteiger partial charge in [-0.3, -0.25) is 10.1 Å². The van der Waals surface area contributed by atoms with E-state index in [4.69, 9.17) is 5.73 Å². The van der Waals surface area contributed by atoms with Crippen molar-refractivity contribution in [1.29, 1.82) is 0 Å². The van der Waals surface area contributed by atoms with Gasteiger partial charge in [0.05, 0.1) is 5.69 Å². The van der Waals surface area contributed by atoms with Gasteiger partial charge < -0.3 is 16.0 Å². The van der Waals surface area contributed by atoms with Gasteiger partial charge >= 0.3 is 0 Å². The third-order valence-corrected chi connectivity index (χ3v) is 4.44. The number of fused-ring (bicyclic) bond motifs is 2. The predicted molar refractivity (Wildman–Crippen MR) is 98.5 cm³/mol. The fourth-order valence-corrected chi connectivity index (χ4v) is 3.17. The first-order valence-electron chi connectivity index (χ1n) is 7.94. The summed E-state index contributed by atoms with van der Waals surface area (Å²) in [6.07, 6.45) is 0. The molecule has 126 valence electrons. The molecule has 2 aromatic rings. The van der Waals surface area contributed by atoms with Gasteiger partial charge in [0.25, 0.3) is 11.6 Å². The van der Waals surface area contributed by atoms with Crippen molar-refractivity contribution >= 4 is 29.2 Å². The molecular weight excluding hydrogens is 316 g/mol. The van der Waals surface area contributed by atoms with Crippen LogP contribution in [0.15, 0.2) is 58.5 Å². The first kappa shape index (κ1) is 15.2. The minimum Gasteiger partial charge on any atom is -0.370 e. The Morgan fingerprint density at radius 2 is 1.84 bits per heavy atom. The lowest BCUT2D eigenvalue weighted by atomic mass is 10.0. The van der Waals surface area contributed by atoms with Crippen molar-refractivity contribution in [3.63, 3.8) is 0 Å². The molecular formula is C18H18N6O. The van der Waals surface area contributed by atoms with Crippen LogP contribution in [0.1, 0.15) is 11.1 Å². The number of likely N-dealkylation sites (N-methyl/N-ethyl adjacent to an activating group) is 1. The first-order chi connectivity index (χ1) is 12.0. The summed E-state index contributed by atoms with van der Waals surface area (Å²) in [4.78, 5) is 23.5. The maximum atomic E-state index is 13.0. The SMILES string of the molecule is Cc1ccccc1NC1=N[C@@]2(N=C(N)N1)C(=O)N(C)c1ccccc12. The smallest absolute Gasteiger partial charge is 0.282 e. The maximum absolute atomic E-state index is 13.0. The molecule has 0 saturated carbocycles. The van der Waals surface area contributed by atoms with Crippen LogP contribution in [0.25, 0.3) is 0 Å². The molecule has 0 unspecified atom stereocenters. The zero-order valence-electron chi connectivity index (χ0n) is 13.9. The summed E-state index contributed by atoms with van der Waals surface area (Å²) >= 11 is 0. The topological polar surface area (TPSA) is 95.1 Å². The standard InChI is InChI=1S/C18H18N6O/c1-11-7-3-5-9-13(11)20-17-21-16(19)22-18(23-17)12-8-4-6-10-14(12)24(2)15(18)25/h3-10H,1-2H3,(H4,19,20,21,22,23)/t18-/m1/s1. The predicted octanol–water partition coefficient (Wildman–Crippen LogP) is 1.51. The molecule has 2 aromatic carbocycles. The van der Waals surface area contributed by atoms with Crippen LogP contribution in [0.5, 0.6) is 0 Å². The van der Waals surface area contributed by atoms with E-state index >= 15 is 0 Å². The highest BCUT2D eigenvalue weighted by molar-refractivity contribution is 6.14.